The Morgan fingerprint density at radius 3 is 2.47 bits per heavy atom. The van der Waals surface area contributed by atoms with Crippen molar-refractivity contribution < 1.29 is 0 Å². The first kappa shape index (κ1) is 13.0. The molecular formula is C13H28N2. The largest absolute Gasteiger partial charge is 0.311 e. The van der Waals surface area contributed by atoms with E-state index in [0.717, 1.165) is 12.5 Å². The van der Waals surface area contributed by atoms with Gasteiger partial charge in [-0.1, -0.05) is 20.8 Å². The van der Waals surface area contributed by atoms with Gasteiger partial charge in [-0.3, -0.25) is 4.90 Å². The maximum Gasteiger partial charge on any atom is 0.0218 e. The fourth-order valence-corrected chi connectivity index (χ4v) is 2.38. The van der Waals surface area contributed by atoms with Crippen molar-refractivity contribution in [3.8, 4) is 0 Å². The van der Waals surface area contributed by atoms with E-state index in [1.54, 1.807) is 0 Å². The van der Waals surface area contributed by atoms with Crippen LogP contribution in [-0.4, -0.2) is 35.6 Å². The summed E-state index contributed by atoms with van der Waals surface area (Å²) in [7, 11) is 0. The number of nitrogens with zero attached hydrogens (tertiary/aromatic N) is 1. The summed E-state index contributed by atoms with van der Waals surface area (Å²) in [6, 6.07) is 1.32. The topological polar surface area (TPSA) is 15.3 Å². The third-order valence-corrected chi connectivity index (χ3v) is 4.05. The maximum atomic E-state index is 3.65. The highest BCUT2D eigenvalue weighted by Gasteiger charge is 2.34. The minimum Gasteiger partial charge on any atom is -0.311 e. The van der Waals surface area contributed by atoms with Crippen molar-refractivity contribution in [2.75, 3.05) is 13.1 Å². The van der Waals surface area contributed by atoms with Gasteiger partial charge in [0.1, 0.15) is 0 Å². The molecule has 0 aromatic carbocycles. The third-order valence-electron chi connectivity index (χ3n) is 4.05. The summed E-state index contributed by atoms with van der Waals surface area (Å²) >= 11 is 0. The smallest absolute Gasteiger partial charge is 0.0218 e. The Kier molecular flexibility index (Phi) is 4.19. The van der Waals surface area contributed by atoms with Crippen LogP contribution in [-0.2, 0) is 0 Å². The zero-order chi connectivity index (χ0) is 11.6. The van der Waals surface area contributed by atoms with Crippen LogP contribution < -0.4 is 5.32 Å². The molecule has 1 heterocycles. The number of rotatable bonds is 3. The Morgan fingerprint density at radius 1 is 1.40 bits per heavy atom. The average Bonchev–Trinajstić information content (AvgIpc) is 2.17. The molecule has 0 spiro atoms. The molecule has 0 aromatic heterocycles. The Labute approximate surface area is 95.4 Å². The minimum absolute atomic E-state index is 0.342. The first-order valence-corrected chi connectivity index (χ1v) is 6.38. The van der Waals surface area contributed by atoms with Gasteiger partial charge >= 0.3 is 0 Å². The molecule has 0 aliphatic carbocycles. The first-order chi connectivity index (χ1) is 6.88. The second-order valence-electron chi connectivity index (χ2n) is 5.93. The number of hydrogen-bond acceptors (Lipinski definition) is 2. The van der Waals surface area contributed by atoms with Gasteiger partial charge in [-0.15, -0.1) is 0 Å². The highest BCUT2D eigenvalue weighted by Crippen LogP contribution is 2.25. The molecule has 2 heteroatoms. The van der Waals surface area contributed by atoms with Crippen LogP contribution in [0.25, 0.3) is 0 Å². The molecule has 1 saturated heterocycles. The van der Waals surface area contributed by atoms with Crippen LogP contribution >= 0.6 is 0 Å². The van der Waals surface area contributed by atoms with E-state index >= 15 is 0 Å². The summed E-state index contributed by atoms with van der Waals surface area (Å²) < 4.78 is 0. The predicted octanol–water partition coefficient (Wildman–Crippen LogP) is 2.49. The molecule has 1 aliphatic heterocycles. The van der Waals surface area contributed by atoms with Crippen LogP contribution in [0, 0.1) is 5.92 Å². The molecule has 2 atom stereocenters. The first-order valence-electron chi connectivity index (χ1n) is 6.38. The van der Waals surface area contributed by atoms with Gasteiger partial charge in [0.25, 0.3) is 0 Å². The van der Waals surface area contributed by atoms with Crippen molar-refractivity contribution in [1.82, 2.24) is 10.2 Å². The SMILES string of the molecule is CCC(C)(C)N1CC(C(C)C)NCC1C. The predicted molar refractivity (Wildman–Crippen MR) is 67.2 cm³/mol. The van der Waals surface area contributed by atoms with Gasteiger partial charge in [0, 0.05) is 30.7 Å². The second kappa shape index (κ2) is 4.84. The molecule has 0 aromatic rings. The summed E-state index contributed by atoms with van der Waals surface area (Å²) in [5, 5.41) is 3.65. The molecule has 2 unspecified atom stereocenters. The summed E-state index contributed by atoms with van der Waals surface area (Å²) in [5.74, 6) is 0.729. The Hall–Kier alpha value is -0.0800. The van der Waals surface area contributed by atoms with Gasteiger partial charge in [0.15, 0.2) is 0 Å². The summed E-state index contributed by atoms with van der Waals surface area (Å²) in [6.07, 6.45) is 1.22. The van der Waals surface area contributed by atoms with E-state index in [2.05, 4.69) is 51.8 Å². The Morgan fingerprint density at radius 2 is 2.00 bits per heavy atom. The van der Waals surface area contributed by atoms with E-state index in [4.69, 9.17) is 0 Å². The molecule has 1 aliphatic rings. The second-order valence-corrected chi connectivity index (χ2v) is 5.93. The Bertz CT molecular complexity index is 199. The molecular weight excluding hydrogens is 184 g/mol. The Balaban J connectivity index is 2.69. The molecule has 1 fully saturated rings. The zero-order valence-corrected chi connectivity index (χ0v) is 11.3. The van der Waals surface area contributed by atoms with Crippen LogP contribution in [0.4, 0.5) is 0 Å². The van der Waals surface area contributed by atoms with Crippen LogP contribution in [0.3, 0.4) is 0 Å². The van der Waals surface area contributed by atoms with Gasteiger partial charge in [0.05, 0.1) is 0 Å². The fraction of sp³-hybridized carbons (Fsp3) is 1.00. The summed E-state index contributed by atoms with van der Waals surface area (Å²) in [4.78, 5) is 2.67. The maximum absolute atomic E-state index is 3.65. The van der Waals surface area contributed by atoms with E-state index in [9.17, 15) is 0 Å². The highest BCUT2D eigenvalue weighted by molar-refractivity contribution is 4.92. The van der Waals surface area contributed by atoms with E-state index in [0.29, 0.717) is 17.6 Å². The van der Waals surface area contributed by atoms with Crippen molar-refractivity contribution in [2.45, 2.75) is 65.6 Å². The van der Waals surface area contributed by atoms with Gasteiger partial charge in [-0.05, 0) is 33.1 Å². The number of piperazine rings is 1. The van der Waals surface area contributed by atoms with Crippen molar-refractivity contribution in [2.24, 2.45) is 5.92 Å². The van der Waals surface area contributed by atoms with Crippen LogP contribution in [0.15, 0.2) is 0 Å². The van der Waals surface area contributed by atoms with Crippen LogP contribution in [0.2, 0.25) is 0 Å². The van der Waals surface area contributed by atoms with Crippen molar-refractivity contribution in [3.05, 3.63) is 0 Å². The van der Waals surface area contributed by atoms with E-state index in [-0.39, 0.29) is 0 Å². The van der Waals surface area contributed by atoms with E-state index < -0.39 is 0 Å². The monoisotopic (exact) mass is 212 g/mol. The third kappa shape index (κ3) is 2.94. The van der Waals surface area contributed by atoms with Gasteiger partial charge in [-0.2, -0.15) is 0 Å². The molecule has 1 N–H and O–H groups in total. The lowest BCUT2D eigenvalue weighted by molar-refractivity contribution is 0.0274. The van der Waals surface area contributed by atoms with Gasteiger partial charge in [0.2, 0.25) is 0 Å². The average molecular weight is 212 g/mol. The molecule has 15 heavy (non-hydrogen) atoms. The molecule has 90 valence electrons. The lowest BCUT2D eigenvalue weighted by Gasteiger charge is -2.48. The quantitative estimate of drug-likeness (QED) is 0.773. The molecule has 1 rings (SSSR count). The molecule has 0 bridgehead atoms. The zero-order valence-electron chi connectivity index (χ0n) is 11.3. The highest BCUT2D eigenvalue weighted by atomic mass is 15.3. The lowest BCUT2D eigenvalue weighted by atomic mass is 9.92. The van der Waals surface area contributed by atoms with Gasteiger partial charge in [-0.25, -0.2) is 0 Å². The van der Waals surface area contributed by atoms with E-state index in [1.807, 2.05) is 0 Å². The normalized spacial score (nSPS) is 29.8. The summed E-state index contributed by atoms with van der Waals surface area (Å²) in [6.45, 7) is 16.3. The fourth-order valence-electron chi connectivity index (χ4n) is 2.38. The number of hydrogen-bond donors (Lipinski definition) is 1. The molecule has 0 amide bonds. The van der Waals surface area contributed by atoms with E-state index in [1.165, 1.54) is 13.0 Å². The standard InChI is InChI=1S/C13H28N2/c1-7-13(5,6)15-9-12(10(2)3)14-8-11(15)4/h10-12,14H,7-9H2,1-6H3. The van der Waals surface area contributed by atoms with Crippen LogP contribution in [0.1, 0.15) is 48.0 Å². The van der Waals surface area contributed by atoms with Crippen molar-refractivity contribution >= 4 is 0 Å². The molecule has 0 radical (unpaired) electrons. The molecule has 0 saturated carbocycles. The molecule has 2 nitrogen and oxygen atoms in total. The van der Waals surface area contributed by atoms with Crippen LogP contribution in [0.5, 0.6) is 0 Å². The number of nitrogens with one attached hydrogen (secondary N) is 1. The van der Waals surface area contributed by atoms with Gasteiger partial charge < -0.3 is 5.32 Å². The van der Waals surface area contributed by atoms with Crippen molar-refractivity contribution in [1.29, 1.82) is 0 Å². The summed E-state index contributed by atoms with van der Waals surface area (Å²) in [5.41, 5.74) is 0.342. The van der Waals surface area contributed by atoms with Crippen molar-refractivity contribution in [3.63, 3.8) is 0 Å². The minimum atomic E-state index is 0.342. The lowest BCUT2D eigenvalue weighted by Crippen LogP contribution is -2.62.